The molecule has 1 atom stereocenters. The Hall–Kier alpha value is -3.18. The Bertz CT molecular complexity index is 919. The van der Waals surface area contributed by atoms with Crippen LogP contribution in [0.3, 0.4) is 0 Å². The molecule has 1 unspecified atom stereocenters. The number of halogens is 1. The molecule has 3 heterocycles. The van der Waals surface area contributed by atoms with E-state index in [1.807, 2.05) is 35.7 Å². The molecular weight excluding hydrogens is 423 g/mol. The molecule has 11 heteroatoms. The average molecular weight is 447 g/mol. The van der Waals surface area contributed by atoms with Gasteiger partial charge in [0.25, 0.3) is 0 Å². The number of hydrazine groups is 2. The third-order valence-electron chi connectivity index (χ3n) is 4.94. The van der Waals surface area contributed by atoms with Gasteiger partial charge in [0.05, 0.1) is 5.01 Å². The lowest BCUT2D eigenvalue weighted by molar-refractivity contribution is -0.0998. The van der Waals surface area contributed by atoms with Crippen LogP contribution in [0.25, 0.3) is 0 Å². The number of carbonyl (C=O) groups excluding carboxylic acids is 1. The smallest absolute Gasteiger partial charge is 0.410 e. The van der Waals surface area contributed by atoms with Gasteiger partial charge in [-0.3, -0.25) is 0 Å². The predicted molar refractivity (Wildman–Crippen MR) is 113 cm³/mol. The number of para-hydroxylation sites is 1. The number of benzene rings is 1. The summed E-state index contributed by atoms with van der Waals surface area (Å²) in [4.78, 5) is 18.5. The zero-order chi connectivity index (χ0) is 21.6. The molecular formula is C20H23FN6O3S. The molecule has 31 heavy (non-hydrogen) atoms. The average Bonchev–Trinajstić information content (AvgIpc) is 3.46. The maximum atomic E-state index is 13.4. The second-order valence-corrected chi connectivity index (χ2v) is 7.91. The van der Waals surface area contributed by atoms with Gasteiger partial charge in [0.15, 0.2) is 0 Å². The number of hydrazone groups is 1. The number of likely N-dealkylation sites (tertiary alicyclic amines) is 1. The fourth-order valence-electron chi connectivity index (χ4n) is 3.38. The largest absolute Gasteiger partial charge is 0.463 e. The highest BCUT2D eigenvalue weighted by atomic mass is 32.1. The van der Waals surface area contributed by atoms with E-state index in [1.54, 1.807) is 11.0 Å². The zero-order valence-corrected chi connectivity index (χ0v) is 17.6. The summed E-state index contributed by atoms with van der Waals surface area (Å²) in [5, 5.41) is 7.93. The maximum absolute atomic E-state index is 13.4. The highest BCUT2D eigenvalue weighted by Crippen LogP contribution is 2.33. The summed E-state index contributed by atoms with van der Waals surface area (Å²) in [7, 11) is 0. The van der Waals surface area contributed by atoms with Crippen molar-refractivity contribution in [1.82, 2.24) is 25.8 Å². The van der Waals surface area contributed by atoms with E-state index in [4.69, 9.17) is 14.5 Å². The third-order valence-corrected chi connectivity index (χ3v) is 5.96. The number of amides is 1. The van der Waals surface area contributed by atoms with Crippen LogP contribution < -0.4 is 10.3 Å². The van der Waals surface area contributed by atoms with Crippen LogP contribution in [0.1, 0.15) is 35.7 Å². The van der Waals surface area contributed by atoms with Gasteiger partial charge < -0.3 is 14.4 Å². The van der Waals surface area contributed by atoms with E-state index < -0.39 is 6.23 Å². The number of ether oxygens (including phenoxy) is 2. The van der Waals surface area contributed by atoms with Gasteiger partial charge >= 0.3 is 6.09 Å². The standard InChI is InChI=1S/C20H23FN6O3S/c1-2-12-29-20(28)25-10-8-15(9-11-25)18-23-17(13-31-18)19(26-14-22-27(21)24-26)30-16-6-4-3-5-7-16/h2-7,13-15,19,24H,1,8-12H2. The van der Waals surface area contributed by atoms with Crippen molar-refractivity contribution >= 4 is 23.8 Å². The van der Waals surface area contributed by atoms with Crippen molar-refractivity contribution in [3.8, 4) is 5.75 Å². The van der Waals surface area contributed by atoms with Gasteiger partial charge in [-0.15, -0.1) is 16.4 Å². The molecule has 2 aromatic rings. The lowest BCUT2D eigenvalue weighted by Gasteiger charge is -2.30. The van der Waals surface area contributed by atoms with E-state index in [9.17, 15) is 9.28 Å². The Labute approximate surface area is 183 Å². The Morgan fingerprint density at radius 2 is 2.13 bits per heavy atom. The normalized spacial score (nSPS) is 17.6. The third kappa shape index (κ3) is 5.12. The van der Waals surface area contributed by atoms with E-state index in [1.165, 1.54) is 22.7 Å². The summed E-state index contributed by atoms with van der Waals surface area (Å²) in [6.45, 7) is 4.98. The Kier molecular flexibility index (Phi) is 6.63. The summed E-state index contributed by atoms with van der Waals surface area (Å²) >= 11 is 1.53. The number of rotatable bonds is 7. The highest BCUT2D eigenvalue weighted by Gasteiger charge is 2.31. The number of carbonyl (C=O) groups is 1. The highest BCUT2D eigenvalue weighted by molar-refractivity contribution is 7.09. The SMILES string of the molecule is C=CCOC(=O)N1CCC(c2nc(C(Oc3ccccc3)N3C=NN(F)N3)cs2)CC1. The monoisotopic (exact) mass is 446 g/mol. The molecule has 4 rings (SSSR count). The summed E-state index contributed by atoms with van der Waals surface area (Å²) in [5.41, 5.74) is 3.09. The first-order valence-corrected chi connectivity index (χ1v) is 10.8. The summed E-state index contributed by atoms with van der Waals surface area (Å²) in [5.74, 6) is 0.860. The van der Waals surface area contributed by atoms with Gasteiger partial charge in [0.2, 0.25) is 6.23 Å². The molecule has 0 spiro atoms. The van der Waals surface area contributed by atoms with Gasteiger partial charge in [0.1, 0.15) is 24.4 Å². The van der Waals surface area contributed by atoms with E-state index in [0.29, 0.717) is 24.5 Å². The van der Waals surface area contributed by atoms with Crippen molar-refractivity contribution in [3.63, 3.8) is 0 Å². The molecule has 1 fully saturated rings. The molecule has 0 saturated carbocycles. The maximum Gasteiger partial charge on any atom is 0.410 e. The van der Waals surface area contributed by atoms with E-state index in [-0.39, 0.29) is 24.0 Å². The molecule has 9 nitrogen and oxygen atoms in total. The quantitative estimate of drug-likeness (QED) is 0.514. The molecule has 0 bridgehead atoms. The van der Waals surface area contributed by atoms with E-state index in [0.717, 1.165) is 17.8 Å². The molecule has 1 amide bonds. The van der Waals surface area contributed by atoms with Gasteiger partial charge in [0, 0.05) is 24.4 Å². The lowest BCUT2D eigenvalue weighted by Crippen LogP contribution is -2.42. The second kappa shape index (κ2) is 9.75. The van der Waals surface area contributed by atoms with Crippen molar-refractivity contribution in [2.45, 2.75) is 25.0 Å². The number of hydrogen-bond donors (Lipinski definition) is 1. The van der Waals surface area contributed by atoms with Crippen molar-refractivity contribution in [3.05, 3.63) is 59.1 Å². The Morgan fingerprint density at radius 1 is 1.35 bits per heavy atom. The van der Waals surface area contributed by atoms with Crippen LogP contribution in [0, 0.1) is 0 Å². The Morgan fingerprint density at radius 3 is 2.81 bits per heavy atom. The van der Waals surface area contributed by atoms with Crippen LogP contribution in [-0.2, 0) is 4.74 Å². The number of nitrogens with one attached hydrogen (secondary N) is 1. The van der Waals surface area contributed by atoms with Crippen molar-refractivity contribution in [1.29, 1.82) is 0 Å². The van der Waals surface area contributed by atoms with Crippen LogP contribution in [0.5, 0.6) is 5.75 Å². The van der Waals surface area contributed by atoms with Crippen LogP contribution in [0.2, 0.25) is 0 Å². The first kappa shape index (κ1) is 21.1. The summed E-state index contributed by atoms with van der Waals surface area (Å²) in [6, 6.07) is 9.25. The van der Waals surface area contributed by atoms with Gasteiger partial charge in [-0.2, -0.15) is 0 Å². The van der Waals surface area contributed by atoms with Gasteiger partial charge in [-0.05, 0) is 30.3 Å². The minimum atomic E-state index is -0.703. The topological polar surface area (TPSA) is 82.5 Å². The van der Waals surface area contributed by atoms with Crippen LogP contribution >= 0.6 is 11.3 Å². The van der Waals surface area contributed by atoms with E-state index in [2.05, 4.69) is 17.2 Å². The minimum Gasteiger partial charge on any atom is -0.463 e. The van der Waals surface area contributed by atoms with Crippen LogP contribution in [-0.4, -0.2) is 52.4 Å². The number of piperidine rings is 1. The molecule has 164 valence electrons. The first-order chi connectivity index (χ1) is 15.1. The van der Waals surface area contributed by atoms with Crippen LogP contribution in [0.15, 0.2) is 53.5 Å². The predicted octanol–water partition coefficient (Wildman–Crippen LogP) is 3.59. The van der Waals surface area contributed by atoms with Crippen molar-refractivity contribution in [2.75, 3.05) is 19.7 Å². The van der Waals surface area contributed by atoms with Crippen molar-refractivity contribution < 1.29 is 18.7 Å². The summed E-state index contributed by atoms with van der Waals surface area (Å²) in [6.07, 6.45) is 3.43. The molecule has 2 aliphatic heterocycles. The second-order valence-electron chi connectivity index (χ2n) is 7.02. The van der Waals surface area contributed by atoms with Gasteiger partial charge in [-0.1, -0.05) is 40.9 Å². The number of hydrogen-bond acceptors (Lipinski definition) is 9. The molecule has 0 aliphatic carbocycles. The minimum absolute atomic E-state index is 0.107. The number of nitrogens with zero attached hydrogens (tertiary/aromatic N) is 5. The molecule has 0 radical (unpaired) electrons. The zero-order valence-electron chi connectivity index (χ0n) is 16.8. The lowest BCUT2D eigenvalue weighted by atomic mass is 9.98. The fraction of sp³-hybridized carbons (Fsp3) is 0.350. The van der Waals surface area contributed by atoms with Crippen molar-refractivity contribution in [2.24, 2.45) is 5.10 Å². The molecule has 1 N–H and O–H groups in total. The molecule has 1 aromatic carbocycles. The molecule has 2 aliphatic rings. The first-order valence-electron chi connectivity index (χ1n) is 9.88. The fourth-order valence-corrected chi connectivity index (χ4v) is 4.38. The summed E-state index contributed by atoms with van der Waals surface area (Å²) < 4.78 is 24.6. The molecule has 1 aromatic heterocycles. The van der Waals surface area contributed by atoms with Gasteiger partial charge in [-0.25, -0.2) is 14.8 Å². The number of aromatic nitrogens is 1. The Balaban J connectivity index is 1.43. The van der Waals surface area contributed by atoms with Crippen LogP contribution in [0.4, 0.5) is 9.28 Å². The van der Waals surface area contributed by atoms with E-state index >= 15 is 0 Å². The number of thiazole rings is 1. The molecule has 1 saturated heterocycles.